The quantitative estimate of drug-likeness (QED) is 0.352. The van der Waals surface area contributed by atoms with E-state index in [-0.39, 0.29) is 0 Å². The summed E-state index contributed by atoms with van der Waals surface area (Å²) in [6, 6.07) is 3.86. The van der Waals surface area contributed by atoms with Crippen molar-refractivity contribution in [3.8, 4) is 11.5 Å². The minimum Gasteiger partial charge on any atom is -0.493 e. The van der Waals surface area contributed by atoms with E-state index in [1.807, 2.05) is 19.2 Å². The predicted molar refractivity (Wildman–Crippen MR) is 108 cm³/mol. The van der Waals surface area contributed by atoms with E-state index >= 15 is 0 Å². The molecule has 0 aromatic heterocycles. The summed E-state index contributed by atoms with van der Waals surface area (Å²) < 4.78 is 17.4. The maximum Gasteiger partial charge on any atom is 0.194 e. The van der Waals surface area contributed by atoms with E-state index in [9.17, 15) is 0 Å². The van der Waals surface area contributed by atoms with E-state index in [2.05, 4.69) is 33.1 Å². The Bertz CT molecular complexity index is 606. The molecule has 1 N–H and O–H groups in total. The normalized spacial score (nSPS) is 14.3. The van der Waals surface area contributed by atoms with Gasteiger partial charge in [0.25, 0.3) is 0 Å². The van der Waals surface area contributed by atoms with Gasteiger partial charge in [-0.25, -0.2) is 4.99 Å². The van der Waals surface area contributed by atoms with Crippen molar-refractivity contribution in [1.82, 2.24) is 10.2 Å². The van der Waals surface area contributed by atoms with Crippen molar-refractivity contribution < 1.29 is 14.2 Å². The van der Waals surface area contributed by atoms with Crippen LogP contribution in [0.1, 0.15) is 25.3 Å². The van der Waals surface area contributed by atoms with Crippen molar-refractivity contribution in [3.63, 3.8) is 0 Å². The molecule has 0 saturated heterocycles. The second-order valence-corrected chi connectivity index (χ2v) is 7.26. The van der Waals surface area contributed by atoms with E-state index in [0.717, 1.165) is 48.2 Å². The molecule has 0 bridgehead atoms. The van der Waals surface area contributed by atoms with Crippen LogP contribution in [0.15, 0.2) is 21.6 Å². The van der Waals surface area contributed by atoms with Gasteiger partial charge in [0, 0.05) is 31.2 Å². The molecule has 0 aliphatic heterocycles. The summed E-state index contributed by atoms with van der Waals surface area (Å²) in [5, 5.41) is 3.33. The number of likely N-dealkylation sites (N-methyl/N-ethyl adjacent to an activating group) is 1. The van der Waals surface area contributed by atoms with E-state index in [1.165, 1.54) is 12.8 Å². The molecule has 0 spiro atoms. The second kappa shape index (κ2) is 10.6. The van der Waals surface area contributed by atoms with Gasteiger partial charge in [-0.05, 0) is 43.4 Å². The van der Waals surface area contributed by atoms with Crippen LogP contribution in [0, 0.1) is 5.92 Å². The Hall–Kier alpha value is -1.47. The fraction of sp³-hybridized carbons (Fsp3) is 0.632. The molecular formula is C19H30BrN3O3. The van der Waals surface area contributed by atoms with Crippen LogP contribution in [-0.2, 0) is 11.3 Å². The third-order valence-corrected chi connectivity index (χ3v) is 5.01. The highest BCUT2D eigenvalue weighted by atomic mass is 79.9. The molecule has 1 aliphatic rings. The monoisotopic (exact) mass is 427 g/mol. The molecular weight excluding hydrogens is 398 g/mol. The van der Waals surface area contributed by atoms with Crippen molar-refractivity contribution in [3.05, 3.63) is 22.2 Å². The minimum absolute atomic E-state index is 0.538. The van der Waals surface area contributed by atoms with Gasteiger partial charge in [-0.2, -0.15) is 0 Å². The largest absolute Gasteiger partial charge is 0.493 e. The van der Waals surface area contributed by atoms with Crippen molar-refractivity contribution in [2.24, 2.45) is 10.9 Å². The standard InChI is InChI=1S/C19H30BrN3O3/c1-5-21-19(23(2)8-9-26-13-14-6-7-14)22-12-15-10-17(24-3)18(25-4)11-16(15)20/h10-11,14H,5-9,12-13H2,1-4H3,(H,21,22). The number of methoxy groups -OCH3 is 2. The summed E-state index contributed by atoms with van der Waals surface area (Å²) in [4.78, 5) is 6.85. The van der Waals surface area contributed by atoms with Crippen molar-refractivity contribution in [1.29, 1.82) is 0 Å². The zero-order valence-corrected chi connectivity index (χ0v) is 17.8. The first-order valence-corrected chi connectivity index (χ1v) is 9.85. The van der Waals surface area contributed by atoms with Crippen LogP contribution >= 0.6 is 15.9 Å². The highest BCUT2D eigenvalue weighted by Gasteiger charge is 2.21. The van der Waals surface area contributed by atoms with E-state index in [4.69, 9.17) is 19.2 Å². The van der Waals surface area contributed by atoms with Crippen molar-refractivity contribution in [2.75, 3.05) is 47.6 Å². The SMILES string of the molecule is CCNC(=NCc1cc(OC)c(OC)cc1Br)N(C)CCOCC1CC1. The summed E-state index contributed by atoms with van der Waals surface area (Å²) in [6.45, 7) is 5.85. The maximum atomic E-state index is 5.73. The molecule has 26 heavy (non-hydrogen) atoms. The van der Waals surface area contributed by atoms with Crippen molar-refractivity contribution in [2.45, 2.75) is 26.3 Å². The Morgan fingerprint density at radius 1 is 1.27 bits per heavy atom. The molecule has 0 unspecified atom stereocenters. The molecule has 1 aromatic carbocycles. The number of rotatable bonds is 10. The molecule has 7 heteroatoms. The second-order valence-electron chi connectivity index (χ2n) is 6.41. The fourth-order valence-corrected chi connectivity index (χ4v) is 2.94. The molecule has 0 amide bonds. The molecule has 1 aliphatic carbocycles. The molecule has 0 radical (unpaired) electrons. The highest BCUT2D eigenvalue weighted by molar-refractivity contribution is 9.10. The molecule has 0 heterocycles. The third kappa shape index (κ3) is 6.36. The summed E-state index contributed by atoms with van der Waals surface area (Å²) in [5.74, 6) is 3.06. The molecule has 1 fully saturated rings. The Balaban J connectivity index is 1.98. The maximum absolute atomic E-state index is 5.73. The number of hydrogen-bond acceptors (Lipinski definition) is 4. The van der Waals surface area contributed by atoms with Gasteiger partial charge in [-0.15, -0.1) is 0 Å². The molecule has 146 valence electrons. The lowest BCUT2D eigenvalue weighted by Crippen LogP contribution is -2.40. The Kier molecular flexibility index (Phi) is 8.51. The van der Waals surface area contributed by atoms with Crippen LogP contribution in [0.2, 0.25) is 0 Å². The predicted octanol–water partition coefficient (Wildman–Crippen LogP) is 3.29. The smallest absolute Gasteiger partial charge is 0.194 e. The Morgan fingerprint density at radius 2 is 1.96 bits per heavy atom. The van der Waals surface area contributed by atoms with Crippen LogP contribution in [0.5, 0.6) is 11.5 Å². The topological polar surface area (TPSA) is 55.3 Å². The van der Waals surface area contributed by atoms with Crippen molar-refractivity contribution >= 4 is 21.9 Å². The van der Waals surface area contributed by atoms with Crippen LogP contribution < -0.4 is 14.8 Å². The number of nitrogens with one attached hydrogen (secondary N) is 1. The average molecular weight is 428 g/mol. The third-order valence-electron chi connectivity index (χ3n) is 4.27. The van der Waals surface area contributed by atoms with Gasteiger partial charge in [0.2, 0.25) is 0 Å². The summed E-state index contributed by atoms with van der Waals surface area (Å²) in [7, 11) is 5.30. The molecule has 1 aromatic rings. The average Bonchev–Trinajstić information content (AvgIpc) is 3.46. The van der Waals surface area contributed by atoms with Gasteiger partial charge in [0.05, 0.1) is 27.4 Å². The van der Waals surface area contributed by atoms with E-state index in [0.29, 0.717) is 18.0 Å². The molecule has 1 saturated carbocycles. The van der Waals surface area contributed by atoms with Gasteiger partial charge < -0.3 is 24.4 Å². The highest BCUT2D eigenvalue weighted by Crippen LogP contribution is 2.33. The summed E-state index contributed by atoms with van der Waals surface area (Å²) >= 11 is 3.59. The molecule has 6 nitrogen and oxygen atoms in total. The molecule has 0 atom stereocenters. The Morgan fingerprint density at radius 3 is 2.58 bits per heavy atom. The van der Waals surface area contributed by atoms with Gasteiger partial charge in [0.1, 0.15) is 0 Å². The first-order chi connectivity index (χ1) is 12.6. The van der Waals surface area contributed by atoms with E-state index < -0.39 is 0 Å². The molecule has 2 rings (SSSR count). The Labute approximate surface area is 165 Å². The number of guanidine groups is 1. The summed E-state index contributed by atoms with van der Waals surface area (Å²) in [6.07, 6.45) is 2.64. The zero-order chi connectivity index (χ0) is 18.9. The van der Waals surface area contributed by atoms with Gasteiger partial charge >= 0.3 is 0 Å². The summed E-state index contributed by atoms with van der Waals surface area (Å²) in [5.41, 5.74) is 1.04. The van der Waals surface area contributed by atoms with Crippen LogP contribution in [0.4, 0.5) is 0 Å². The first-order valence-electron chi connectivity index (χ1n) is 9.06. The van der Waals surface area contributed by atoms with Gasteiger partial charge in [0.15, 0.2) is 17.5 Å². The van der Waals surface area contributed by atoms with Crippen LogP contribution in [0.25, 0.3) is 0 Å². The lowest BCUT2D eigenvalue weighted by atomic mass is 10.2. The lowest BCUT2D eigenvalue weighted by molar-refractivity contribution is 0.115. The fourth-order valence-electron chi connectivity index (χ4n) is 2.49. The van der Waals surface area contributed by atoms with Crippen LogP contribution in [0.3, 0.4) is 0 Å². The zero-order valence-electron chi connectivity index (χ0n) is 16.2. The number of ether oxygens (including phenoxy) is 3. The van der Waals surface area contributed by atoms with Crippen LogP contribution in [-0.4, -0.2) is 58.4 Å². The lowest BCUT2D eigenvalue weighted by Gasteiger charge is -2.22. The van der Waals surface area contributed by atoms with E-state index in [1.54, 1.807) is 14.2 Å². The van der Waals surface area contributed by atoms with Gasteiger partial charge in [-0.1, -0.05) is 15.9 Å². The van der Waals surface area contributed by atoms with Gasteiger partial charge in [-0.3, -0.25) is 0 Å². The number of benzene rings is 1. The number of nitrogens with zero attached hydrogens (tertiary/aromatic N) is 2. The number of aliphatic imine (C=N–C) groups is 1. The number of hydrogen-bond donors (Lipinski definition) is 1. The minimum atomic E-state index is 0.538. The number of halogens is 1. The first kappa shape index (κ1) is 20.8.